The summed E-state index contributed by atoms with van der Waals surface area (Å²) in [7, 11) is 0. The number of hydrogen-bond donors (Lipinski definition) is 0. The van der Waals surface area contributed by atoms with Crippen molar-refractivity contribution in [3.05, 3.63) is 58.9 Å². The van der Waals surface area contributed by atoms with Crippen molar-refractivity contribution in [3.63, 3.8) is 0 Å². The van der Waals surface area contributed by atoms with Gasteiger partial charge in [-0.1, -0.05) is 22.8 Å². The summed E-state index contributed by atoms with van der Waals surface area (Å²) >= 11 is 5.93. The topological polar surface area (TPSA) is 80.9 Å². The maximum Gasteiger partial charge on any atom is 0.257 e. The van der Waals surface area contributed by atoms with Crippen molar-refractivity contribution >= 4 is 17.5 Å². The highest BCUT2D eigenvalue weighted by atomic mass is 35.5. The molecule has 2 aromatic carbocycles. The zero-order valence-electron chi connectivity index (χ0n) is 16.8. The van der Waals surface area contributed by atoms with E-state index in [4.69, 9.17) is 25.6 Å². The molecule has 0 unspecified atom stereocenters. The van der Waals surface area contributed by atoms with Crippen LogP contribution in [0.3, 0.4) is 0 Å². The van der Waals surface area contributed by atoms with Crippen LogP contribution in [-0.2, 0) is 6.54 Å². The van der Waals surface area contributed by atoms with Gasteiger partial charge in [0, 0.05) is 36.8 Å². The number of carbonyl (C=O) groups is 1. The van der Waals surface area contributed by atoms with Gasteiger partial charge in [-0.25, -0.2) is 0 Å². The highest BCUT2D eigenvalue weighted by molar-refractivity contribution is 6.30. The smallest absolute Gasteiger partial charge is 0.257 e. The van der Waals surface area contributed by atoms with E-state index in [9.17, 15) is 4.79 Å². The fourth-order valence-corrected chi connectivity index (χ4v) is 3.87. The van der Waals surface area contributed by atoms with Crippen LogP contribution in [0, 0.1) is 0 Å². The third kappa shape index (κ3) is 4.22. The fraction of sp³-hybridized carbons (Fsp3) is 0.318. The van der Waals surface area contributed by atoms with Crippen LogP contribution in [0.25, 0.3) is 11.4 Å². The summed E-state index contributed by atoms with van der Waals surface area (Å²) in [6, 6.07) is 12.8. The Kier molecular flexibility index (Phi) is 5.48. The third-order valence-electron chi connectivity index (χ3n) is 5.39. The second-order valence-electron chi connectivity index (χ2n) is 7.42. The van der Waals surface area contributed by atoms with Crippen LogP contribution in [0.15, 0.2) is 47.0 Å². The van der Waals surface area contributed by atoms with Gasteiger partial charge in [0.1, 0.15) is 13.2 Å². The fourth-order valence-electron chi connectivity index (χ4n) is 3.75. The molecule has 1 aromatic heterocycles. The van der Waals surface area contributed by atoms with E-state index in [1.165, 1.54) is 0 Å². The van der Waals surface area contributed by atoms with E-state index in [0.29, 0.717) is 66.6 Å². The lowest BCUT2D eigenvalue weighted by Gasteiger charge is -2.34. The Morgan fingerprint density at radius 3 is 2.58 bits per heavy atom. The molecule has 0 saturated carbocycles. The number of hydrogen-bond acceptors (Lipinski definition) is 7. The number of aromatic nitrogens is 2. The predicted octanol–water partition coefficient (Wildman–Crippen LogP) is 3.12. The SMILES string of the molecule is O=C(c1cccc2c1OCCO2)N1CCN(Cc2nc(-c3ccc(Cl)cc3)no2)CC1. The molecule has 8 nitrogen and oxygen atoms in total. The van der Waals surface area contributed by atoms with Gasteiger partial charge in [-0.3, -0.25) is 9.69 Å². The standard InChI is InChI=1S/C22H21ClN4O4/c23-16-6-4-15(5-7-16)21-24-19(31-25-21)14-26-8-10-27(11-9-26)22(28)17-2-1-3-18-20(17)30-13-12-29-18/h1-7H,8-14H2. The van der Waals surface area contributed by atoms with Crippen molar-refractivity contribution < 1.29 is 18.8 Å². The van der Waals surface area contributed by atoms with Gasteiger partial charge in [0.25, 0.3) is 5.91 Å². The van der Waals surface area contributed by atoms with Crippen LogP contribution in [0.4, 0.5) is 0 Å². The van der Waals surface area contributed by atoms with Crippen LogP contribution in [-0.4, -0.2) is 65.2 Å². The average molecular weight is 441 g/mol. The summed E-state index contributed by atoms with van der Waals surface area (Å²) in [5, 5.41) is 4.72. The van der Waals surface area contributed by atoms with E-state index >= 15 is 0 Å². The van der Waals surface area contributed by atoms with Crippen molar-refractivity contribution in [2.24, 2.45) is 0 Å². The average Bonchev–Trinajstić information content (AvgIpc) is 3.27. The number of ether oxygens (including phenoxy) is 2. The van der Waals surface area contributed by atoms with Crippen LogP contribution in [0.1, 0.15) is 16.2 Å². The van der Waals surface area contributed by atoms with Gasteiger partial charge < -0.3 is 18.9 Å². The number of piperazine rings is 1. The summed E-state index contributed by atoms with van der Waals surface area (Å²) < 4.78 is 16.7. The van der Waals surface area contributed by atoms with Crippen LogP contribution < -0.4 is 9.47 Å². The molecule has 0 aliphatic carbocycles. The molecule has 1 amide bonds. The number of rotatable bonds is 4. The van der Waals surface area contributed by atoms with E-state index in [1.807, 2.05) is 29.2 Å². The number of halogens is 1. The second kappa shape index (κ2) is 8.56. The second-order valence-corrected chi connectivity index (χ2v) is 7.85. The molecule has 160 valence electrons. The highest BCUT2D eigenvalue weighted by Crippen LogP contribution is 2.34. The van der Waals surface area contributed by atoms with E-state index in [-0.39, 0.29) is 5.91 Å². The van der Waals surface area contributed by atoms with Gasteiger partial charge in [-0.2, -0.15) is 4.98 Å². The normalized spacial score (nSPS) is 16.4. The highest BCUT2D eigenvalue weighted by Gasteiger charge is 2.27. The number of nitrogens with zero attached hydrogens (tertiary/aromatic N) is 4. The van der Waals surface area contributed by atoms with Crippen molar-refractivity contribution in [2.75, 3.05) is 39.4 Å². The molecule has 1 fully saturated rings. The summed E-state index contributed by atoms with van der Waals surface area (Å²) in [4.78, 5) is 21.6. The maximum absolute atomic E-state index is 13.0. The number of para-hydroxylation sites is 1. The molecular formula is C22H21ClN4O4. The number of carbonyl (C=O) groups excluding carboxylic acids is 1. The number of fused-ring (bicyclic) bond motifs is 1. The lowest BCUT2D eigenvalue weighted by atomic mass is 10.1. The zero-order valence-corrected chi connectivity index (χ0v) is 17.5. The largest absolute Gasteiger partial charge is 0.486 e. The van der Waals surface area contributed by atoms with Gasteiger partial charge in [0.15, 0.2) is 11.5 Å². The quantitative estimate of drug-likeness (QED) is 0.616. The third-order valence-corrected chi connectivity index (χ3v) is 5.64. The first-order chi connectivity index (χ1) is 15.2. The summed E-state index contributed by atoms with van der Waals surface area (Å²) in [6.45, 7) is 4.16. The molecule has 3 heterocycles. The number of amides is 1. The molecule has 5 rings (SSSR count). The lowest BCUT2D eigenvalue weighted by molar-refractivity contribution is 0.0606. The Bertz CT molecular complexity index is 1080. The lowest BCUT2D eigenvalue weighted by Crippen LogP contribution is -2.48. The van der Waals surface area contributed by atoms with Crippen LogP contribution in [0.2, 0.25) is 5.02 Å². The Morgan fingerprint density at radius 2 is 1.77 bits per heavy atom. The molecule has 0 radical (unpaired) electrons. The molecule has 0 bridgehead atoms. The summed E-state index contributed by atoms with van der Waals surface area (Å²) in [5.74, 6) is 2.22. The van der Waals surface area contributed by atoms with Crippen molar-refractivity contribution in [3.8, 4) is 22.9 Å². The van der Waals surface area contributed by atoms with Crippen molar-refractivity contribution in [1.82, 2.24) is 19.9 Å². The molecule has 9 heteroatoms. The van der Waals surface area contributed by atoms with E-state index in [0.717, 1.165) is 18.7 Å². The molecule has 0 N–H and O–H groups in total. The Hall–Kier alpha value is -3.10. The first kappa shape index (κ1) is 19.8. The first-order valence-electron chi connectivity index (χ1n) is 10.2. The van der Waals surface area contributed by atoms with Crippen LogP contribution in [0.5, 0.6) is 11.5 Å². The molecule has 0 atom stereocenters. The summed E-state index contributed by atoms with van der Waals surface area (Å²) in [5.41, 5.74) is 1.40. The maximum atomic E-state index is 13.0. The monoisotopic (exact) mass is 440 g/mol. The van der Waals surface area contributed by atoms with Gasteiger partial charge in [0.05, 0.1) is 12.1 Å². The minimum absolute atomic E-state index is 0.0372. The molecule has 2 aliphatic rings. The van der Waals surface area contributed by atoms with Gasteiger partial charge >= 0.3 is 0 Å². The minimum atomic E-state index is -0.0372. The number of benzene rings is 2. The molecule has 2 aliphatic heterocycles. The van der Waals surface area contributed by atoms with E-state index in [2.05, 4.69) is 15.0 Å². The Morgan fingerprint density at radius 1 is 1.00 bits per heavy atom. The molecule has 3 aromatic rings. The first-order valence-corrected chi connectivity index (χ1v) is 10.5. The zero-order chi connectivity index (χ0) is 21.2. The molecule has 31 heavy (non-hydrogen) atoms. The van der Waals surface area contributed by atoms with Gasteiger partial charge in [-0.05, 0) is 36.4 Å². The van der Waals surface area contributed by atoms with Crippen molar-refractivity contribution in [1.29, 1.82) is 0 Å². The van der Waals surface area contributed by atoms with Crippen molar-refractivity contribution in [2.45, 2.75) is 6.54 Å². The molecular weight excluding hydrogens is 420 g/mol. The van der Waals surface area contributed by atoms with Crippen LogP contribution >= 0.6 is 11.6 Å². The predicted molar refractivity (Wildman–Crippen MR) is 113 cm³/mol. The van der Waals surface area contributed by atoms with Gasteiger partial charge in [-0.15, -0.1) is 0 Å². The summed E-state index contributed by atoms with van der Waals surface area (Å²) in [6.07, 6.45) is 0. The van der Waals surface area contributed by atoms with E-state index < -0.39 is 0 Å². The molecule has 1 saturated heterocycles. The van der Waals surface area contributed by atoms with Gasteiger partial charge in [0.2, 0.25) is 11.7 Å². The Labute approximate surface area is 184 Å². The Balaban J connectivity index is 1.20. The molecule has 0 spiro atoms. The van der Waals surface area contributed by atoms with E-state index in [1.54, 1.807) is 18.2 Å². The minimum Gasteiger partial charge on any atom is -0.486 e.